The second kappa shape index (κ2) is 24.8. The number of rotatable bonds is 8. The molecule has 370 valence electrons. The van der Waals surface area contributed by atoms with Gasteiger partial charge in [-0.3, -0.25) is 0 Å². The van der Waals surface area contributed by atoms with E-state index in [9.17, 15) is 0 Å². The molecular formula is C72H57Cl2SiZr-3. The van der Waals surface area contributed by atoms with Crippen molar-refractivity contribution in [3.05, 3.63) is 278 Å². The van der Waals surface area contributed by atoms with Crippen molar-refractivity contribution >= 4 is 58.5 Å². The van der Waals surface area contributed by atoms with Gasteiger partial charge in [0.1, 0.15) is 0 Å². The SMILES string of the molecule is CC(C)c1ccc2[cH-]c(-c3ccccc3)cc2c1-c1ccccc1-c1ccccc1.CC(C)c1ccc2[cH-]c(-c3ccccc3)cc2c1-c1ccccc1-c1ccccc1.[Cl][Zr][Cl].[c-]1cccc2c1[Si]c1ccccc1-2. The first kappa shape index (κ1) is 52.5. The van der Waals surface area contributed by atoms with E-state index in [-0.39, 0.29) is 0 Å². The van der Waals surface area contributed by atoms with Crippen molar-refractivity contribution in [2.24, 2.45) is 0 Å². The van der Waals surface area contributed by atoms with Crippen LogP contribution in [0.15, 0.2) is 261 Å². The molecule has 1 heterocycles. The summed E-state index contributed by atoms with van der Waals surface area (Å²) < 4.78 is 0. The molecule has 0 fully saturated rings. The summed E-state index contributed by atoms with van der Waals surface area (Å²) in [6.45, 7) is 9.15. The second-order valence-electron chi connectivity index (χ2n) is 19.6. The zero-order valence-electron chi connectivity index (χ0n) is 43.2. The average Bonchev–Trinajstić information content (AvgIpc) is 4.23. The van der Waals surface area contributed by atoms with Gasteiger partial charge in [-0.1, -0.05) is 267 Å². The molecule has 2 radical (unpaired) electrons. The van der Waals surface area contributed by atoms with Gasteiger partial charge in [0.15, 0.2) is 0 Å². The minimum Gasteiger partial charge on any atom is -0.184 e. The number of fused-ring (bicyclic) bond motifs is 5. The molecule has 0 unspecified atom stereocenters. The second-order valence-corrected chi connectivity index (χ2v) is 24.6. The van der Waals surface area contributed by atoms with Crippen LogP contribution in [0.2, 0.25) is 0 Å². The van der Waals surface area contributed by atoms with Crippen LogP contribution in [0.25, 0.3) is 99.4 Å². The molecule has 0 saturated carbocycles. The molecule has 4 heteroatoms. The Hall–Kier alpha value is -6.90. The molecule has 1 aliphatic rings. The fraction of sp³-hybridized carbons (Fsp3) is 0.0833. The Morgan fingerprint density at radius 1 is 0.382 bits per heavy atom. The average molecular weight is 1110 g/mol. The van der Waals surface area contributed by atoms with E-state index in [4.69, 9.17) is 17.0 Å². The maximum absolute atomic E-state index is 4.93. The Kier molecular flexibility index (Phi) is 17.2. The van der Waals surface area contributed by atoms with Crippen LogP contribution in [0.1, 0.15) is 50.7 Å². The summed E-state index contributed by atoms with van der Waals surface area (Å²) in [5.74, 6) is 0.895. The standard InChI is InChI=1S/2C30H25.C12H7Si.2ClH.Zr/c2*1-21(2)26-18-17-24-19-25(22-11-5-3-6-12-22)20-29(24)30(26)28-16-10-9-15-27(28)23-13-7-4-8-14-23;1-3-7-11-9(5-1)10-6-2-4-8-12(10)13-11;;;/h2*3-21H,1-2H3;1-7H;2*1H;/q3*-1;;;+2/p-2. The van der Waals surface area contributed by atoms with Crippen molar-refractivity contribution in [2.75, 3.05) is 0 Å². The smallest absolute Gasteiger partial charge is 0.0920 e. The minimum atomic E-state index is -0.826. The monoisotopic (exact) mass is 1110 g/mol. The summed E-state index contributed by atoms with van der Waals surface area (Å²) in [5, 5.41) is 8.10. The third-order valence-corrected chi connectivity index (χ3v) is 15.6. The maximum atomic E-state index is 4.93. The van der Waals surface area contributed by atoms with Gasteiger partial charge in [-0.05, 0) is 56.3 Å². The van der Waals surface area contributed by atoms with Crippen LogP contribution in [0, 0.1) is 6.07 Å². The molecule has 1 aliphatic heterocycles. The molecule has 13 rings (SSSR count). The molecule has 0 atom stereocenters. The van der Waals surface area contributed by atoms with Crippen LogP contribution in [-0.4, -0.2) is 9.52 Å². The van der Waals surface area contributed by atoms with Crippen LogP contribution < -0.4 is 10.4 Å². The summed E-state index contributed by atoms with van der Waals surface area (Å²) >= 11 is -0.826. The summed E-state index contributed by atoms with van der Waals surface area (Å²) in [5.41, 5.74) is 21.1. The molecule has 0 saturated heterocycles. The molecule has 0 bridgehead atoms. The molecule has 0 spiro atoms. The Morgan fingerprint density at radius 2 is 0.737 bits per heavy atom. The number of hydrogen-bond donors (Lipinski definition) is 0. The Labute approximate surface area is 470 Å². The van der Waals surface area contributed by atoms with Gasteiger partial charge in [-0.25, -0.2) is 0 Å². The molecule has 0 nitrogen and oxygen atoms in total. The van der Waals surface area contributed by atoms with Crippen molar-refractivity contribution in [3.8, 4) is 77.9 Å². The maximum Gasteiger partial charge on any atom is 0.0920 e. The normalized spacial score (nSPS) is 11.2. The molecule has 0 N–H and O–H groups in total. The van der Waals surface area contributed by atoms with Gasteiger partial charge < -0.3 is 0 Å². The van der Waals surface area contributed by atoms with Gasteiger partial charge >= 0.3 is 37.9 Å². The van der Waals surface area contributed by atoms with E-state index < -0.39 is 20.8 Å². The molecule has 0 aromatic heterocycles. The molecule has 0 aliphatic carbocycles. The number of halogens is 2. The molecule has 12 aromatic carbocycles. The summed E-state index contributed by atoms with van der Waals surface area (Å²) in [6, 6.07) is 97.2. The van der Waals surface area contributed by atoms with E-state index in [1.54, 1.807) is 0 Å². The van der Waals surface area contributed by atoms with Crippen molar-refractivity contribution < 1.29 is 20.8 Å². The van der Waals surface area contributed by atoms with Crippen LogP contribution in [0.3, 0.4) is 0 Å². The van der Waals surface area contributed by atoms with Gasteiger partial charge in [0.2, 0.25) is 0 Å². The topological polar surface area (TPSA) is 0 Å². The molecule has 76 heavy (non-hydrogen) atoms. The Morgan fingerprint density at radius 3 is 1.16 bits per heavy atom. The third-order valence-electron chi connectivity index (χ3n) is 14.2. The Bertz CT molecular complexity index is 3580. The van der Waals surface area contributed by atoms with E-state index in [2.05, 4.69) is 289 Å². The number of benzene rings is 10. The molecule has 12 aromatic rings. The van der Waals surface area contributed by atoms with Crippen molar-refractivity contribution in [3.63, 3.8) is 0 Å². The van der Waals surface area contributed by atoms with Gasteiger partial charge in [0, 0.05) is 0 Å². The summed E-state index contributed by atoms with van der Waals surface area (Å²) in [7, 11) is 10.7. The first-order valence-corrected chi connectivity index (χ1v) is 33.3. The van der Waals surface area contributed by atoms with E-state index >= 15 is 0 Å². The zero-order chi connectivity index (χ0) is 52.4. The van der Waals surface area contributed by atoms with Gasteiger partial charge in [-0.15, -0.1) is 74.6 Å². The summed E-state index contributed by atoms with van der Waals surface area (Å²) in [4.78, 5) is 0. The fourth-order valence-electron chi connectivity index (χ4n) is 10.6. The van der Waals surface area contributed by atoms with E-state index in [0.29, 0.717) is 11.8 Å². The molecular weight excluding hydrogens is 1060 g/mol. The predicted molar refractivity (Wildman–Crippen MR) is 327 cm³/mol. The quantitative estimate of drug-likeness (QED) is 0.105. The predicted octanol–water partition coefficient (Wildman–Crippen LogP) is 19.9. The van der Waals surface area contributed by atoms with Gasteiger partial charge in [0.25, 0.3) is 0 Å². The van der Waals surface area contributed by atoms with Crippen molar-refractivity contribution in [1.29, 1.82) is 0 Å². The van der Waals surface area contributed by atoms with Crippen molar-refractivity contribution in [2.45, 2.75) is 39.5 Å². The van der Waals surface area contributed by atoms with E-state index in [1.165, 1.54) is 121 Å². The Balaban J connectivity index is 0.000000135. The van der Waals surface area contributed by atoms with Crippen LogP contribution in [0.4, 0.5) is 0 Å². The van der Waals surface area contributed by atoms with E-state index in [1.807, 2.05) is 6.07 Å². The van der Waals surface area contributed by atoms with Crippen LogP contribution in [0.5, 0.6) is 0 Å². The van der Waals surface area contributed by atoms with Crippen molar-refractivity contribution in [1.82, 2.24) is 0 Å². The van der Waals surface area contributed by atoms with Gasteiger partial charge in [0.05, 0.1) is 9.52 Å². The minimum absolute atomic E-state index is 0.448. The largest absolute Gasteiger partial charge is 0.184 e. The first-order chi connectivity index (χ1) is 37.3. The molecule has 0 amide bonds. The third kappa shape index (κ3) is 11.6. The van der Waals surface area contributed by atoms with Gasteiger partial charge in [-0.2, -0.15) is 29.5 Å². The first-order valence-electron chi connectivity index (χ1n) is 26.0. The zero-order valence-corrected chi connectivity index (χ0v) is 48.2. The van der Waals surface area contributed by atoms with E-state index in [0.717, 1.165) is 9.52 Å². The number of hydrogen-bond acceptors (Lipinski definition) is 0. The summed E-state index contributed by atoms with van der Waals surface area (Å²) in [6.07, 6.45) is 0. The van der Waals surface area contributed by atoms with Crippen LogP contribution >= 0.6 is 17.0 Å². The fourth-order valence-corrected chi connectivity index (χ4v) is 11.9. The van der Waals surface area contributed by atoms with Crippen LogP contribution in [-0.2, 0) is 20.8 Å².